The number of halogens is 2. The first-order valence-electron chi connectivity index (χ1n) is 14.8. The molecule has 40 heavy (non-hydrogen) atoms. The van der Waals surface area contributed by atoms with Gasteiger partial charge >= 0.3 is 58.4 Å². The molecule has 4 rings (SSSR count). The predicted molar refractivity (Wildman–Crippen MR) is 161 cm³/mol. The molecule has 0 unspecified atom stereocenters. The van der Waals surface area contributed by atoms with Crippen molar-refractivity contribution in [2.45, 2.75) is 92.3 Å². The Morgan fingerprint density at radius 3 is 1.32 bits per heavy atom. The van der Waals surface area contributed by atoms with Crippen LogP contribution >= 0.6 is 18.4 Å². The topological polar surface area (TPSA) is 31.4 Å². The van der Waals surface area contributed by atoms with Gasteiger partial charge in [0.15, 0.2) is 0 Å². The van der Waals surface area contributed by atoms with Crippen molar-refractivity contribution in [3.63, 3.8) is 0 Å². The number of ether oxygens (including phenoxy) is 2. The van der Waals surface area contributed by atoms with E-state index in [0.29, 0.717) is 12.2 Å². The second-order valence-electron chi connectivity index (χ2n) is 12.9. The van der Waals surface area contributed by atoms with Gasteiger partial charge in [0, 0.05) is 38.9 Å². The van der Waals surface area contributed by atoms with Gasteiger partial charge in [0.2, 0.25) is 0 Å². The van der Waals surface area contributed by atoms with Crippen LogP contribution in [0, 0.1) is 35.5 Å². The fourth-order valence-corrected chi connectivity index (χ4v) is 6.34. The molecule has 6 atom stereocenters. The van der Waals surface area contributed by atoms with Crippen LogP contribution in [0.3, 0.4) is 0 Å². The monoisotopic (exact) mass is 788 g/mol. The van der Waals surface area contributed by atoms with Crippen molar-refractivity contribution >= 4 is 18.4 Å². The summed E-state index contributed by atoms with van der Waals surface area (Å²) in [7, 11) is 13.8. The molecule has 0 aromatic heterocycles. The van der Waals surface area contributed by atoms with Gasteiger partial charge in [-0.15, -0.1) is 0 Å². The molecule has 0 N–H and O–H groups in total. The molecule has 0 bridgehead atoms. The van der Waals surface area contributed by atoms with E-state index in [0.717, 1.165) is 62.3 Å². The van der Waals surface area contributed by atoms with Gasteiger partial charge in [0.25, 0.3) is 0 Å². The van der Waals surface area contributed by atoms with E-state index in [4.69, 9.17) is 27.9 Å². The summed E-state index contributed by atoms with van der Waals surface area (Å²) >= 11 is 0.0144. The van der Waals surface area contributed by atoms with Crippen LogP contribution in [-0.2, 0) is 49.4 Å². The van der Waals surface area contributed by atoms with Crippen molar-refractivity contribution in [3.8, 4) is 0 Å². The summed E-state index contributed by atoms with van der Waals surface area (Å²) in [5.41, 5.74) is 0. The summed E-state index contributed by atoms with van der Waals surface area (Å²) in [5.74, 6) is 4.60. The Bertz CT molecular complexity index is 676. The van der Waals surface area contributed by atoms with E-state index >= 15 is 0 Å². The molecule has 0 saturated heterocycles. The van der Waals surface area contributed by atoms with Gasteiger partial charge in [-0.3, -0.25) is 0 Å². The molecule has 2 fully saturated rings. The Morgan fingerprint density at radius 2 is 1.05 bits per heavy atom. The zero-order valence-electron chi connectivity index (χ0n) is 26.0. The fraction of sp³-hybridized carbons (Fsp3) is 0.867. The SMILES string of the molecule is CC(C)[C@@H]1CC[C@@H](C)C[C@H]1OCN1C=CN(C)C1.CC(C)[C@@H]1CC[C@@H](C)C[C@H]1OCN1C=CN(C)C1.[Ag+].[Cl][Ag-][Cl]. The van der Waals surface area contributed by atoms with Crippen LogP contribution in [0.15, 0.2) is 24.8 Å². The predicted octanol–water partition coefficient (Wildman–Crippen LogP) is 7.57. The first kappa shape index (κ1) is 38.7. The first-order valence-corrected chi connectivity index (χ1v) is 18.6. The number of hydrogen-bond acceptors (Lipinski definition) is 6. The van der Waals surface area contributed by atoms with Gasteiger partial charge in [0.05, 0.1) is 25.5 Å². The maximum absolute atomic E-state index is 6.21. The number of nitrogens with zero attached hydrogens (tertiary/aromatic N) is 4. The van der Waals surface area contributed by atoms with Crippen LogP contribution in [0.2, 0.25) is 0 Å². The van der Waals surface area contributed by atoms with E-state index < -0.39 is 0 Å². The third kappa shape index (κ3) is 14.0. The van der Waals surface area contributed by atoms with E-state index in [1.807, 2.05) is 0 Å². The fourth-order valence-electron chi connectivity index (χ4n) is 6.34. The molecule has 2 saturated carbocycles. The van der Waals surface area contributed by atoms with E-state index in [-0.39, 0.29) is 40.0 Å². The maximum atomic E-state index is 6.21. The van der Waals surface area contributed by atoms with Crippen molar-refractivity contribution in [2.24, 2.45) is 35.5 Å². The van der Waals surface area contributed by atoms with Crippen LogP contribution in [0.5, 0.6) is 0 Å². The Balaban J connectivity index is 0.000000356. The summed E-state index contributed by atoms with van der Waals surface area (Å²) in [4.78, 5) is 8.81. The Labute approximate surface area is 279 Å². The van der Waals surface area contributed by atoms with Crippen molar-refractivity contribution in [1.82, 2.24) is 19.6 Å². The van der Waals surface area contributed by atoms with E-state index in [1.54, 1.807) is 0 Å². The molecule has 2 aliphatic heterocycles. The quantitative estimate of drug-likeness (QED) is 0.236. The molecule has 0 radical (unpaired) electrons. The average molecular weight is 791 g/mol. The molecule has 244 valence electrons. The van der Waals surface area contributed by atoms with Crippen molar-refractivity contribution in [2.75, 3.05) is 40.9 Å². The molecule has 4 aliphatic rings. The minimum absolute atomic E-state index is 0. The van der Waals surface area contributed by atoms with Crippen LogP contribution in [0.25, 0.3) is 0 Å². The second kappa shape index (κ2) is 20.6. The van der Waals surface area contributed by atoms with Gasteiger partial charge in [-0.05, 0) is 61.2 Å². The van der Waals surface area contributed by atoms with Crippen molar-refractivity contribution < 1.29 is 49.4 Å². The van der Waals surface area contributed by atoms with Gasteiger partial charge in [-0.2, -0.15) is 0 Å². The van der Waals surface area contributed by atoms with Gasteiger partial charge in [0.1, 0.15) is 13.5 Å². The zero-order valence-corrected chi connectivity index (χ0v) is 30.4. The zero-order chi connectivity index (χ0) is 28.9. The molecular formula is C30H56Ag2Cl2N4O2. The molecule has 0 aromatic carbocycles. The summed E-state index contributed by atoms with van der Waals surface area (Å²) in [6.07, 6.45) is 17.2. The van der Waals surface area contributed by atoms with Gasteiger partial charge < -0.3 is 29.1 Å². The average Bonchev–Trinajstić information content (AvgIpc) is 3.49. The molecule has 2 aliphatic carbocycles. The standard InChI is InChI=1S/2C15H28N2O.2Ag.2ClH/c2*1-12(2)14-6-5-13(3)9-15(14)18-11-17-8-7-16(4)10-17;;;;/h2*7-8,12-15H,5-6,9-11H2,1-4H3;;;2*1H/q;;2*+1;;/p-2/t2*13-,14+,15-;;;;/m11..../s1. The number of hydrogen-bond donors (Lipinski definition) is 0. The molecule has 0 aromatic rings. The van der Waals surface area contributed by atoms with E-state index in [1.165, 1.54) is 38.5 Å². The summed E-state index contributed by atoms with van der Waals surface area (Å²) in [5, 5.41) is 0. The van der Waals surface area contributed by atoms with Crippen molar-refractivity contribution in [3.05, 3.63) is 24.8 Å². The van der Waals surface area contributed by atoms with Crippen LogP contribution in [0.1, 0.15) is 80.1 Å². The number of rotatable bonds is 8. The van der Waals surface area contributed by atoms with Crippen LogP contribution in [-0.4, -0.2) is 72.7 Å². The third-order valence-electron chi connectivity index (χ3n) is 8.70. The Morgan fingerprint density at radius 1 is 0.700 bits per heavy atom. The third-order valence-corrected chi connectivity index (χ3v) is 8.70. The molecule has 2 heterocycles. The second-order valence-corrected chi connectivity index (χ2v) is 15.2. The van der Waals surface area contributed by atoms with E-state index in [9.17, 15) is 0 Å². The Kier molecular flexibility index (Phi) is 19.9. The normalized spacial score (nSPS) is 29.9. The summed E-state index contributed by atoms with van der Waals surface area (Å²) in [6, 6.07) is 0. The summed E-state index contributed by atoms with van der Waals surface area (Å²) in [6.45, 7) is 17.4. The van der Waals surface area contributed by atoms with Gasteiger partial charge in [-0.25, -0.2) is 0 Å². The Hall–Kier alpha value is 0.661. The molecule has 0 spiro atoms. The first-order chi connectivity index (χ1) is 18.5. The van der Waals surface area contributed by atoms with E-state index in [2.05, 4.69) is 100 Å². The summed E-state index contributed by atoms with van der Waals surface area (Å²) < 4.78 is 12.4. The minimum atomic E-state index is 0. The molecular weight excluding hydrogens is 735 g/mol. The van der Waals surface area contributed by atoms with Gasteiger partial charge in [-0.1, -0.05) is 54.4 Å². The molecule has 0 amide bonds. The molecule has 10 heteroatoms. The van der Waals surface area contributed by atoms with Crippen LogP contribution < -0.4 is 0 Å². The van der Waals surface area contributed by atoms with Crippen molar-refractivity contribution in [1.29, 1.82) is 0 Å². The molecule has 6 nitrogen and oxygen atoms in total. The van der Waals surface area contributed by atoms with Crippen LogP contribution in [0.4, 0.5) is 0 Å².